The van der Waals surface area contributed by atoms with E-state index in [1.807, 2.05) is 49.6 Å². The quantitative estimate of drug-likeness (QED) is 0.324. The number of esters is 1. The average molecular weight is 566 g/mol. The maximum atomic E-state index is 13.7. The Kier molecular flexibility index (Phi) is 9.67. The molecule has 3 N–H and O–H groups in total. The number of rotatable bonds is 8. The van der Waals surface area contributed by atoms with Crippen LogP contribution >= 0.6 is 23.4 Å². The van der Waals surface area contributed by atoms with Crippen LogP contribution in [0.4, 0.5) is 11.4 Å². The number of fused-ring (bicyclic) bond motifs is 1. The fourth-order valence-corrected chi connectivity index (χ4v) is 5.33. The first-order valence-corrected chi connectivity index (χ1v) is 14.6. The Morgan fingerprint density at radius 3 is 2.59 bits per heavy atom. The lowest BCUT2D eigenvalue weighted by Crippen LogP contribution is -2.34. The summed E-state index contributed by atoms with van der Waals surface area (Å²) in [5.41, 5.74) is 9.69. The number of nitrogens with one attached hydrogen (secondary N) is 1. The summed E-state index contributed by atoms with van der Waals surface area (Å²) in [4.78, 5) is 40.8. The highest BCUT2D eigenvalue weighted by Crippen LogP contribution is 2.37. The van der Waals surface area contributed by atoms with Crippen LogP contribution in [0.5, 0.6) is 0 Å². The summed E-state index contributed by atoms with van der Waals surface area (Å²) in [6.07, 6.45) is 3.20. The lowest BCUT2D eigenvalue weighted by Gasteiger charge is -2.25. The van der Waals surface area contributed by atoms with Gasteiger partial charge in [0.15, 0.2) is 0 Å². The van der Waals surface area contributed by atoms with Crippen molar-refractivity contribution in [2.45, 2.75) is 38.3 Å². The average Bonchev–Trinajstić information content (AvgIpc) is 3.11. The van der Waals surface area contributed by atoms with Crippen LogP contribution in [-0.2, 0) is 9.53 Å². The second-order valence-electron chi connectivity index (χ2n) is 9.44. The van der Waals surface area contributed by atoms with Crippen molar-refractivity contribution in [3.63, 3.8) is 0 Å². The van der Waals surface area contributed by atoms with Crippen LogP contribution in [0.3, 0.4) is 0 Å². The van der Waals surface area contributed by atoms with Crippen LogP contribution < -0.4 is 16.0 Å². The Labute approximate surface area is 238 Å². The number of halogens is 1. The maximum absolute atomic E-state index is 13.7. The first-order valence-electron chi connectivity index (χ1n) is 12.8. The Morgan fingerprint density at radius 1 is 1.10 bits per heavy atom. The number of amides is 2. The molecule has 204 valence electrons. The van der Waals surface area contributed by atoms with Gasteiger partial charge in [0.1, 0.15) is 12.1 Å². The summed E-state index contributed by atoms with van der Waals surface area (Å²) in [7, 11) is 0. The van der Waals surface area contributed by atoms with Gasteiger partial charge in [0.2, 0.25) is 0 Å². The van der Waals surface area contributed by atoms with Gasteiger partial charge < -0.3 is 20.7 Å². The minimum Gasteiger partial charge on any atom is -0.456 e. The topological polar surface area (TPSA) is 102 Å². The van der Waals surface area contributed by atoms with Gasteiger partial charge in [-0.05, 0) is 74.1 Å². The first kappa shape index (κ1) is 28.7. The monoisotopic (exact) mass is 565 g/mol. The Balaban J connectivity index is 1.53. The van der Waals surface area contributed by atoms with Crippen molar-refractivity contribution in [2.24, 2.45) is 5.73 Å². The highest BCUT2D eigenvalue weighted by molar-refractivity contribution is 7.98. The third-order valence-corrected chi connectivity index (χ3v) is 7.67. The van der Waals surface area contributed by atoms with E-state index in [4.69, 9.17) is 22.1 Å². The fourth-order valence-electron chi connectivity index (χ4n) is 4.58. The summed E-state index contributed by atoms with van der Waals surface area (Å²) < 4.78 is 5.83. The van der Waals surface area contributed by atoms with E-state index >= 15 is 0 Å². The zero-order valence-corrected chi connectivity index (χ0v) is 23.6. The molecule has 2 atom stereocenters. The third kappa shape index (κ3) is 6.82. The van der Waals surface area contributed by atoms with E-state index in [0.29, 0.717) is 48.3 Å². The van der Waals surface area contributed by atoms with Gasteiger partial charge in [-0.1, -0.05) is 48.0 Å². The number of carbonyl (C=O) groups excluding carboxylic acids is 3. The molecule has 0 saturated heterocycles. The number of nitrogens with two attached hydrogens (primary N) is 1. The minimum atomic E-state index is -0.686. The van der Waals surface area contributed by atoms with E-state index in [1.54, 1.807) is 47.0 Å². The van der Waals surface area contributed by atoms with Crippen LogP contribution in [0.25, 0.3) is 0 Å². The smallest absolute Gasteiger partial charge is 0.323 e. The van der Waals surface area contributed by atoms with Gasteiger partial charge in [0.05, 0.1) is 16.3 Å². The molecule has 4 rings (SSSR count). The lowest BCUT2D eigenvalue weighted by molar-refractivity contribution is -0.151. The Morgan fingerprint density at radius 2 is 1.85 bits per heavy atom. The Bertz CT molecular complexity index is 1370. The highest BCUT2D eigenvalue weighted by atomic mass is 35.5. The Hall–Kier alpha value is -3.33. The molecule has 0 radical (unpaired) electrons. The minimum absolute atomic E-state index is 0.229. The molecule has 1 aliphatic heterocycles. The molecule has 39 heavy (non-hydrogen) atoms. The number of ether oxygens (including phenoxy) is 1. The number of nitrogens with zero attached hydrogens (tertiary/aromatic N) is 1. The molecule has 7 nitrogen and oxygen atoms in total. The summed E-state index contributed by atoms with van der Waals surface area (Å²) in [6.45, 7) is 2.30. The SMILES string of the molecule is CSCC[C@H](N)C(=O)OC1CCCN(C(=O)c2ccc(NC(=O)c3ccccc3C)cc2Cl)c2ccccc21. The molecule has 0 saturated carbocycles. The van der Waals surface area contributed by atoms with Crippen LogP contribution in [0.1, 0.15) is 57.2 Å². The summed E-state index contributed by atoms with van der Waals surface area (Å²) in [5, 5.41) is 3.08. The molecule has 0 aliphatic carbocycles. The first-order chi connectivity index (χ1) is 18.8. The van der Waals surface area contributed by atoms with Gasteiger partial charge in [0.25, 0.3) is 11.8 Å². The number of aryl methyl sites for hydroxylation is 1. The molecule has 0 aromatic heterocycles. The van der Waals surface area contributed by atoms with Crippen LogP contribution in [0, 0.1) is 6.92 Å². The third-order valence-electron chi connectivity index (χ3n) is 6.71. The van der Waals surface area contributed by atoms with Crippen molar-refractivity contribution >= 4 is 52.5 Å². The molecule has 3 aromatic rings. The number of hydrogen-bond acceptors (Lipinski definition) is 6. The van der Waals surface area contributed by atoms with Crippen molar-refractivity contribution in [2.75, 3.05) is 28.8 Å². The molecule has 1 aliphatic rings. The van der Waals surface area contributed by atoms with Crippen LogP contribution in [0.15, 0.2) is 66.7 Å². The van der Waals surface area contributed by atoms with E-state index < -0.39 is 18.1 Å². The van der Waals surface area contributed by atoms with E-state index in [9.17, 15) is 14.4 Å². The molecule has 0 spiro atoms. The van der Waals surface area contributed by atoms with Crippen LogP contribution in [0.2, 0.25) is 5.02 Å². The molecule has 0 fully saturated rings. The van der Waals surface area contributed by atoms with Gasteiger partial charge in [-0.3, -0.25) is 14.4 Å². The summed E-state index contributed by atoms with van der Waals surface area (Å²) >= 11 is 8.19. The fraction of sp³-hybridized carbons (Fsp3) is 0.300. The molecule has 9 heteroatoms. The van der Waals surface area contributed by atoms with Crippen molar-refractivity contribution in [1.29, 1.82) is 0 Å². The van der Waals surface area contributed by atoms with Gasteiger partial charge >= 0.3 is 5.97 Å². The van der Waals surface area contributed by atoms with E-state index in [-0.39, 0.29) is 16.8 Å². The number of para-hydroxylation sites is 1. The predicted octanol–water partition coefficient (Wildman–Crippen LogP) is 6.01. The van der Waals surface area contributed by atoms with Crippen molar-refractivity contribution in [3.8, 4) is 0 Å². The second-order valence-corrected chi connectivity index (χ2v) is 10.8. The van der Waals surface area contributed by atoms with Gasteiger partial charge in [0, 0.05) is 23.4 Å². The van der Waals surface area contributed by atoms with Crippen molar-refractivity contribution < 1.29 is 19.1 Å². The van der Waals surface area contributed by atoms with E-state index in [2.05, 4.69) is 5.32 Å². The number of hydrogen-bond donors (Lipinski definition) is 2. The molecule has 2 amide bonds. The maximum Gasteiger partial charge on any atom is 0.323 e. The van der Waals surface area contributed by atoms with Crippen molar-refractivity contribution in [3.05, 3.63) is 94.0 Å². The normalized spacial score (nSPS) is 15.6. The standard InChI is InChI=1S/C30H32ClN3O4S/c1-19-8-3-4-9-21(19)28(35)33-20-13-14-22(24(31)18-20)29(36)34-16-7-12-27(23-10-5-6-11-26(23)34)38-30(37)25(32)15-17-39-2/h3-6,8-11,13-14,18,25,27H,7,12,15-17,32H2,1-2H3,(H,33,35)/t25-,27?/m0/s1. The zero-order valence-electron chi connectivity index (χ0n) is 22.0. The largest absolute Gasteiger partial charge is 0.456 e. The van der Waals surface area contributed by atoms with E-state index in [1.165, 1.54) is 0 Å². The van der Waals surface area contributed by atoms with Gasteiger partial charge in [-0.2, -0.15) is 11.8 Å². The van der Waals surface area contributed by atoms with E-state index in [0.717, 1.165) is 16.9 Å². The number of anilines is 2. The molecule has 1 unspecified atom stereocenters. The summed E-state index contributed by atoms with van der Waals surface area (Å²) in [5.74, 6) is -0.184. The van der Waals surface area contributed by atoms with Crippen molar-refractivity contribution in [1.82, 2.24) is 0 Å². The van der Waals surface area contributed by atoms with Gasteiger partial charge in [-0.15, -0.1) is 0 Å². The highest BCUT2D eigenvalue weighted by Gasteiger charge is 2.31. The summed E-state index contributed by atoms with van der Waals surface area (Å²) in [6, 6.07) is 18.9. The molecule has 3 aromatic carbocycles. The predicted molar refractivity (Wildman–Crippen MR) is 158 cm³/mol. The zero-order chi connectivity index (χ0) is 27.9. The number of benzene rings is 3. The van der Waals surface area contributed by atoms with Crippen LogP contribution in [-0.4, -0.2) is 42.4 Å². The second kappa shape index (κ2) is 13.2. The molecule has 1 heterocycles. The molecule has 0 bridgehead atoms. The molecular weight excluding hydrogens is 534 g/mol. The number of thioether (sulfide) groups is 1. The number of carbonyl (C=O) groups is 3. The molecular formula is C30H32ClN3O4S. The van der Waals surface area contributed by atoms with Gasteiger partial charge in [-0.25, -0.2) is 0 Å². The lowest BCUT2D eigenvalue weighted by atomic mass is 10.0.